The van der Waals surface area contributed by atoms with Crippen LogP contribution in [0.15, 0.2) is 163 Å². The van der Waals surface area contributed by atoms with E-state index >= 15 is 0 Å². The van der Waals surface area contributed by atoms with Crippen molar-refractivity contribution in [2.45, 2.75) is 38.0 Å². The average Bonchev–Trinajstić information content (AvgIpc) is 3.63. The van der Waals surface area contributed by atoms with Crippen molar-refractivity contribution >= 4 is 16.8 Å². The first-order valence-electron chi connectivity index (χ1n) is 17.2. The summed E-state index contributed by atoms with van der Waals surface area (Å²) in [7, 11) is 0. The normalized spacial score (nSPS) is 15.2. The van der Waals surface area contributed by atoms with Gasteiger partial charge in [-0.05, 0) is 93.2 Å². The monoisotopic (exact) mass is 614 g/mol. The molecule has 0 N–H and O–H groups in total. The van der Waals surface area contributed by atoms with E-state index in [0.29, 0.717) is 0 Å². The SMILES string of the molecule is CC1=Cc2cccc(-c3ccc4ccccc4c3)c2C1C(c1ccccc1)(c1ccccc1)C1c2cc(C)ccc2-c2ccc(C)cc21. The molecule has 230 valence electrons. The predicted molar refractivity (Wildman–Crippen MR) is 203 cm³/mol. The van der Waals surface area contributed by atoms with E-state index in [9.17, 15) is 0 Å². The van der Waals surface area contributed by atoms with E-state index in [4.69, 9.17) is 0 Å². The Kier molecular flexibility index (Phi) is 6.63. The minimum Gasteiger partial charge on any atom is -0.0639 e. The van der Waals surface area contributed by atoms with E-state index in [-0.39, 0.29) is 11.8 Å². The lowest BCUT2D eigenvalue weighted by molar-refractivity contribution is 0.406. The van der Waals surface area contributed by atoms with Gasteiger partial charge in [0.1, 0.15) is 0 Å². The fraction of sp³-hybridized carbons (Fsp3) is 0.125. The topological polar surface area (TPSA) is 0 Å². The lowest BCUT2D eigenvalue weighted by Crippen LogP contribution is -2.41. The summed E-state index contributed by atoms with van der Waals surface area (Å²) in [5.74, 6) is 0.181. The van der Waals surface area contributed by atoms with Crippen molar-refractivity contribution in [3.63, 3.8) is 0 Å². The molecular weight excluding hydrogens is 577 g/mol. The summed E-state index contributed by atoms with van der Waals surface area (Å²) in [6, 6.07) is 59.7. The van der Waals surface area contributed by atoms with E-state index in [2.05, 4.69) is 185 Å². The molecule has 0 amide bonds. The fourth-order valence-electron chi connectivity index (χ4n) is 9.20. The zero-order valence-corrected chi connectivity index (χ0v) is 27.7. The minimum absolute atomic E-state index is 0.0878. The van der Waals surface area contributed by atoms with Crippen molar-refractivity contribution in [1.29, 1.82) is 0 Å². The molecule has 0 aliphatic heterocycles. The summed E-state index contributed by atoms with van der Waals surface area (Å²) in [6.07, 6.45) is 2.47. The molecule has 0 aromatic heterocycles. The molecule has 0 nitrogen and oxygen atoms in total. The van der Waals surface area contributed by atoms with Gasteiger partial charge in [0, 0.05) is 17.3 Å². The van der Waals surface area contributed by atoms with Gasteiger partial charge in [0.05, 0.1) is 0 Å². The van der Waals surface area contributed by atoms with Crippen LogP contribution in [0.2, 0.25) is 0 Å². The van der Waals surface area contributed by atoms with Crippen LogP contribution >= 0.6 is 0 Å². The largest absolute Gasteiger partial charge is 0.0639 e. The molecule has 0 radical (unpaired) electrons. The van der Waals surface area contributed by atoms with E-state index in [1.54, 1.807) is 0 Å². The average molecular weight is 615 g/mol. The number of fused-ring (bicyclic) bond motifs is 5. The van der Waals surface area contributed by atoms with Crippen LogP contribution in [0.1, 0.15) is 63.3 Å². The standard InChI is InChI=1S/C48H38/c1-31-21-25-41-42-26-22-32(2)28-44(42)47(43(41)27-31)48(38-16-6-4-7-17-38,39-18-8-5-9-19-39)46-33(3)29-37-15-12-20-40(45(37)46)36-24-23-34-13-10-11-14-35(34)30-36/h4-30,46-47H,1-3H3. The second-order valence-corrected chi connectivity index (χ2v) is 13.9. The van der Waals surface area contributed by atoms with Crippen LogP contribution < -0.4 is 0 Å². The molecule has 0 heterocycles. The summed E-state index contributed by atoms with van der Waals surface area (Å²) < 4.78 is 0. The van der Waals surface area contributed by atoms with Crippen LogP contribution in [-0.4, -0.2) is 0 Å². The Bertz CT molecular complexity index is 2280. The highest BCUT2D eigenvalue weighted by Crippen LogP contribution is 2.65. The molecular formula is C48H38. The number of hydrogen-bond donors (Lipinski definition) is 0. The number of hydrogen-bond acceptors (Lipinski definition) is 0. The number of aryl methyl sites for hydroxylation is 2. The van der Waals surface area contributed by atoms with Crippen molar-refractivity contribution in [3.8, 4) is 22.3 Å². The van der Waals surface area contributed by atoms with Crippen LogP contribution in [0.3, 0.4) is 0 Å². The molecule has 2 aliphatic rings. The van der Waals surface area contributed by atoms with Gasteiger partial charge in [0.15, 0.2) is 0 Å². The highest BCUT2D eigenvalue weighted by atomic mass is 14.6. The number of benzene rings is 7. The van der Waals surface area contributed by atoms with Crippen molar-refractivity contribution in [1.82, 2.24) is 0 Å². The Labute approximate surface area is 284 Å². The lowest BCUT2D eigenvalue weighted by atomic mass is 9.53. The van der Waals surface area contributed by atoms with Gasteiger partial charge in [0.2, 0.25) is 0 Å². The fourth-order valence-corrected chi connectivity index (χ4v) is 9.20. The Balaban J connectivity index is 1.42. The summed E-state index contributed by atoms with van der Waals surface area (Å²) >= 11 is 0. The van der Waals surface area contributed by atoms with Crippen molar-refractivity contribution < 1.29 is 0 Å². The van der Waals surface area contributed by atoms with Gasteiger partial charge in [-0.3, -0.25) is 0 Å². The summed E-state index contributed by atoms with van der Waals surface area (Å²) in [5, 5.41) is 2.54. The first-order chi connectivity index (χ1) is 23.5. The van der Waals surface area contributed by atoms with Crippen molar-refractivity contribution in [3.05, 3.63) is 208 Å². The molecule has 7 aromatic rings. The Hall–Kier alpha value is -5.46. The number of rotatable bonds is 5. The van der Waals surface area contributed by atoms with Crippen LogP contribution in [0.25, 0.3) is 39.1 Å². The van der Waals surface area contributed by atoms with Gasteiger partial charge in [-0.15, -0.1) is 0 Å². The third-order valence-corrected chi connectivity index (χ3v) is 11.1. The second kappa shape index (κ2) is 11.1. The second-order valence-electron chi connectivity index (χ2n) is 13.9. The maximum absolute atomic E-state index is 2.47. The van der Waals surface area contributed by atoms with Gasteiger partial charge in [-0.2, -0.15) is 0 Å². The molecule has 0 saturated heterocycles. The van der Waals surface area contributed by atoms with Gasteiger partial charge < -0.3 is 0 Å². The molecule has 0 saturated carbocycles. The molecule has 0 spiro atoms. The predicted octanol–water partition coefficient (Wildman–Crippen LogP) is 12.4. The van der Waals surface area contributed by atoms with E-state index in [0.717, 1.165) is 0 Å². The third-order valence-electron chi connectivity index (χ3n) is 11.1. The molecule has 0 fully saturated rings. The molecule has 7 aromatic carbocycles. The molecule has 2 aliphatic carbocycles. The quantitative estimate of drug-likeness (QED) is 0.181. The maximum Gasteiger partial charge on any atom is 0.0418 e. The Morgan fingerprint density at radius 3 is 1.65 bits per heavy atom. The third kappa shape index (κ3) is 4.22. The van der Waals surface area contributed by atoms with Gasteiger partial charge in [-0.1, -0.05) is 174 Å². The van der Waals surface area contributed by atoms with Crippen LogP contribution in [0.4, 0.5) is 0 Å². The van der Waals surface area contributed by atoms with Crippen LogP contribution in [-0.2, 0) is 5.41 Å². The molecule has 9 rings (SSSR count). The zero-order chi connectivity index (χ0) is 32.4. The Morgan fingerprint density at radius 2 is 1.02 bits per heavy atom. The highest BCUT2D eigenvalue weighted by Gasteiger charge is 2.55. The van der Waals surface area contributed by atoms with Crippen molar-refractivity contribution in [2.75, 3.05) is 0 Å². The first-order valence-corrected chi connectivity index (χ1v) is 17.2. The van der Waals surface area contributed by atoms with Crippen LogP contribution in [0, 0.1) is 13.8 Å². The summed E-state index contributed by atoms with van der Waals surface area (Å²) in [4.78, 5) is 0. The first kappa shape index (κ1) is 28.7. The Morgan fingerprint density at radius 1 is 0.438 bits per heavy atom. The van der Waals surface area contributed by atoms with Gasteiger partial charge >= 0.3 is 0 Å². The van der Waals surface area contributed by atoms with Gasteiger partial charge in [-0.25, -0.2) is 0 Å². The zero-order valence-electron chi connectivity index (χ0n) is 27.7. The van der Waals surface area contributed by atoms with Gasteiger partial charge in [0.25, 0.3) is 0 Å². The maximum atomic E-state index is 2.47. The van der Waals surface area contributed by atoms with Crippen LogP contribution in [0.5, 0.6) is 0 Å². The lowest BCUT2D eigenvalue weighted by Gasteiger charge is -2.48. The molecule has 0 bridgehead atoms. The van der Waals surface area contributed by atoms with E-state index in [1.165, 1.54) is 83.1 Å². The summed E-state index contributed by atoms with van der Waals surface area (Å²) in [5.41, 5.74) is 17.2. The van der Waals surface area contributed by atoms with E-state index in [1.807, 2.05) is 0 Å². The summed E-state index contributed by atoms with van der Waals surface area (Å²) in [6.45, 7) is 6.86. The minimum atomic E-state index is -0.442. The number of allylic oxidation sites excluding steroid dienone is 1. The molecule has 0 heteroatoms. The highest BCUT2D eigenvalue weighted by molar-refractivity contribution is 5.90. The smallest absolute Gasteiger partial charge is 0.0418 e. The van der Waals surface area contributed by atoms with Crippen molar-refractivity contribution in [2.24, 2.45) is 0 Å². The molecule has 1 unspecified atom stereocenters. The molecule has 48 heavy (non-hydrogen) atoms. The molecule has 1 atom stereocenters. The van der Waals surface area contributed by atoms with E-state index < -0.39 is 5.41 Å².